The number of phenolic OH excluding ortho intramolecular Hbond substituents is 1. The van der Waals surface area contributed by atoms with Crippen molar-refractivity contribution in [1.82, 2.24) is 0 Å². The summed E-state index contributed by atoms with van der Waals surface area (Å²) < 4.78 is 79.0. The van der Waals surface area contributed by atoms with Crippen LogP contribution in [-0.4, -0.2) is 68.8 Å². The van der Waals surface area contributed by atoms with Crippen LogP contribution in [-0.2, 0) is 33.1 Å². The Balaban J connectivity index is 0.000000427. The molecule has 0 unspecified atom stereocenters. The Morgan fingerprint density at radius 2 is 0.810 bits per heavy atom. The summed E-state index contributed by atoms with van der Waals surface area (Å²) in [5, 5.41) is 20.6. The van der Waals surface area contributed by atoms with E-state index in [4.69, 9.17) is 9.47 Å². The summed E-state index contributed by atoms with van der Waals surface area (Å²) in [6.45, 7) is 4.48. The van der Waals surface area contributed by atoms with E-state index in [1.165, 1.54) is 164 Å². The van der Waals surface area contributed by atoms with Crippen LogP contribution in [0, 0.1) is 0 Å². The number of phenols is 1. The normalized spacial score (nSPS) is 11.4. The number of hydrogen-bond acceptors (Lipinski definition) is 9. The minimum Gasteiger partial charge on any atom is -0.872 e. The number of hydrogen-bond donors (Lipinski definition) is 2. The van der Waals surface area contributed by atoms with Gasteiger partial charge in [-0.2, -0.15) is 8.42 Å². The zero-order chi connectivity index (χ0) is 45.1. The summed E-state index contributed by atoms with van der Waals surface area (Å²) in [6, 6.07) is 21.0. The van der Waals surface area contributed by atoms with Gasteiger partial charge >= 0.3 is 37.7 Å². The van der Waals surface area contributed by atoms with Gasteiger partial charge in [0.15, 0.2) is 0 Å². The first kappa shape index (κ1) is 56.3. The molecule has 4 aromatic carbocycles. The first-order chi connectivity index (χ1) is 29.8. The minimum absolute atomic E-state index is 0. The number of benzene rings is 4. The fourth-order valence-corrected chi connectivity index (χ4v) is 8.43. The Kier molecular flexibility index (Phi) is 28.5. The molecule has 0 aromatic heterocycles. The molecule has 0 aliphatic carbocycles. The standard InChI is InChI=1S/2C25H36O5S.Ca/c2*1-2-3-4-5-6-7-8-9-10-11-12-13-21-14-19-25(31(27,28)29)24(20-21)30-23-17-15-22(26)16-18-23;/h2*14-20,26H,2-13H2,1H3,(H,27,28,29);/q;;+2/p-2. The van der Waals surface area contributed by atoms with Crippen LogP contribution in [0.1, 0.15) is 166 Å². The molecule has 0 fully saturated rings. The van der Waals surface area contributed by atoms with Gasteiger partial charge in [0.25, 0.3) is 10.1 Å². The van der Waals surface area contributed by atoms with Crippen molar-refractivity contribution in [3.63, 3.8) is 0 Å². The molecule has 344 valence electrons. The minimum atomic E-state index is -4.66. The average Bonchev–Trinajstić information content (AvgIpc) is 3.23. The molecule has 0 saturated heterocycles. The van der Waals surface area contributed by atoms with Crippen LogP contribution in [0.4, 0.5) is 0 Å². The van der Waals surface area contributed by atoms with E-state index in [0.717, 1.165) is 49.7 Å². The molecule has 10 nitrogen and oxygen atoms in total. The van der Waals surface area contributed by atoms with Crippen molar-refractivity contribution in [3.05, 3.63) is 96.1 Å². The van der Waals surface area contributed by atoms with Crippen LogP contribution in [0.25, 0.3) is 0 Å². The predicted molar refractivity (Wildman–Crippen MR) is 251 cm³/mol. The molecule has 0 atom stereocenters. The molecule has 0 spiro atoms. The predicted octanol–water partition coefficient (Wildman–Crippen LogP) is 13.2. The van der Waals surface area contributed by atoms with E-state index in [9.17, 15) is 36.2 Å². The van der Waals surface area contributed by atoms with Crippen LogP contribution in [0.15, 0.2) is 94.7 Å². The van der Waals surface area contributed by atoms with Crippen molar-refractivity contribution < 1.29 is 45.6 Å². The maximum Gasteiger partial charge on any atom is 2.00 e. The molecule has 0 aliphatic heterocycles. The molecule has 63 heavy (non-hydrogen) atoms. The van der Waals surface area contributed by atoms with Crippen molar-refractivity contribution >= 4 is 58.0 Å². The average molecular weight is 935 g/mol. The molecule has 2 N–H and O–H groups in total. The molecular weight excluding hydrogens is 865 g/mol. The molecule has 4 aromatic rings. The molecule has 13 heteroatoms. The quantitative estimate of drug-likeness (QED) is 0.0291. The van der Waals surface area contributed by atoms with E-state index in [0.29, 0.717) is 11.5 Å². The summed E-state index contributed by atoms with van der Waals surface area (Å²) in [6.07, 6.45) is 29.5. The zero-order valence-electron chi connectivity index (χ0n) is 37.7. The smallest absolute Gasteiger partial charge is 0.872 e. The number of ether oxygens (including phenoxy) is 2. The Morgan fingerprint density at radius 1 is 0.476 bits per heavy atom. The summed E-state index contributed by atoms with van der Waals surface area (Å²) in [5.41, 5.74) is 1.90. The van der Waals surface area contributed by atoms with E-state index in [-0.39, 0.29) is 70.5 Å². The molecule has 0 radical (unpaired) electrons. The molecule has 0 heterocycles. The Hall–Kier alpha value is -2.84. The van der Waals surface area contributed by atoms with Gasteiger partial charge in [0.05, 0.1) is 4.90 Å². The molecule has 0 bridgehead atoms. The topological polar surface area (TPSA) is 173 Å². The second-order valence-electron chi connectivity index (χ2n) is 16.2. The number of rotatable bonds is 30. The van der Waals surface area contributed by atoms with Gasteiger partial charge in [-0.3, -0.25) is 4.55 Å². The Labute approximate surface area is 408 Å². The second kappa shape index (κ2) is 31.9. The van der Waals surface area contributed by atoms with Crippen LogP contribution >= 0.6 is 0 Å². The van der Waals surface area contributed by atoms with Gasteiger partial charge in [-0.15, -0.1) is 5.75 Å². The monoisotopic (exact) mass is 934 g/mol. The zero-order valence-corrected chi connectivity index (χ0v) is 41.6. The molecule has 4 rings (SSSR count). The summed E-state index contributed by atoms with van der Waals surface area (Å²) in [5.74, 6) is 0.718. The van der Waals surface area contributed by atoms with Crippen LogP contribution in [0.5, 0.6) is 34.5 Å². The number of unbranched alkanes of at least 4 members (excludes halogenated alkanes) is 20. The van der Waals surface area contributed by atoms with Crippen LogP contribution < -0.4 is 14.6 Å². The van der Waals surface area contributed by atoms with Crippen LogP contribution in [0.2, 0.25) is 0 Å². The summed E-state index contributed by atoms with van der Waals surface area (Å²) >= 11 is 0. The Bertz CT molecular complexity index is 1910. The van der Waals surface area contributed by atoms with Gasteiger partial charge in [-0.25, -0.2) is 8.42 Å². The first-order valence-corrected chi connectivity index (χ1v) is 25.8. The summed E-state index contributed by atoms with van der Waals surface area (Å²) in [7, 11) is -9.06. The fraction of sp³-hybridized carbons (Fsp3) is 0.520. The molecule has 0 aliphatic rings. The van der Waals surface area contributed by atoms with Crippen molar-refractivity contribution in [2.75, 3.05) is 0 Å². The van der Waals surface area contributed by atoms with E-state index in [1.54, 1.807) is 36.4 Å². The van der Waals surface area contributed by atoms with Gasteiger partial charge in [-0.1, -0.05) is 167 Å². The van der Waals surface area contributed by atoms with Gasteiger partial charge in [-0.05, 0) is 97.5 Å². The van der Waals surface area contributed by atoms with Crippen LogP contribution in [0.3, 0.4) is 0 Å². The third-order valence-corrected chi connectivity index (χ3v) is 12.6. The first-order valence-electron chi connectivity index (χ1n) is 22.9. The van der Waals surface area contributed by atoms with E-state index >= 15 is 0 Å². The van der Waals surface area contributed by atoms with E-state index in [2.05, 4.69) is 13.8 Å². The molecular formula is C50H70CaO10S2. The van der Waals surface area contributed by atoms with Gasteiger partial charge in [0.1, 0.15) is 43.8 Å². The van der Waals surface area contributed by atoms with Gasteiger partial charge < -0.3 is 24.2 Å². The van der Waals surface area contributed by atoms with Crippen molar-refractivity contribution in [2.24, 2.45) is 0 Å². The maximum absolute atomic E-state index is 11.7. The largest absolute Gasteiger partial charge is 2.00 e. The van der Waals surface area contributed by atoms with Crippen molar-refractivity contribution in [2.45, 2.75) is 178 Å². The Morgan fingerprint density at radius 3 is 1.17 bits per heavy atom. The number of aromatic hydroxyl groups is 1. The van der Waals surface area contributed by atoms with E-state index in [1.807, 2.05) is 0 Å². The summed E-state index contributed by atoms with van der Waals surface area (Å²) in [4.78, 5) is -0.648. The van der Waals surface area contributed by atoms with E-state index < -0.39 is 20.2 Å². The van der Waals surface area contributed by atoms with Gasteiger partial charge in [0, 0.05) is 0 Å². The third kappa shape index (κ3) is 24.3. The van der Waals surface area contributed by atoms with Crippen molar-refractivity contribution in [3.8, 4) is 34.5 Å². The third-order valence-electron chi connectivity index (χ3n) is 10.8. The SMILES string of the molecule is CCCCCCCCCCCCCc1ccc(S(=O)(=O)O)c(Oc2ccc(O)cc2)c1.CCCCCCCCCCCCCc1ccc(S(=O)(=O)[O-])c(Oc2ccc([O-])cc2)c1.[Ca+2]. The fourth-order valence-electron chi connectivity index (χ4n) is 7.26. The number of aryl methyl sites for hydroxylation is 2. The van der Waals surface area contributed by atoms with Crippen molar-refractivity contribution in [1.29, 1.82) is 0 Å². The maximum atomic E-state index is 11.7. The molecule has 0 amide bonds. The van der Waals surface area contributed by atoms with Gasteiger partial charge in [0.2, 0.25) is 0 Å². The molecule has 0 saturated carbocycles. The second-order valence-corrected chi connectivity index (χ2v) is 19.0.